The molecule has 0 aliphatic carbocycles. The van der Waals surface area contributed by atoms with E-state index >= 15 is 0 Å². The maximum absolute atomic E-state index is 10.6. The van der Waals surface area contributed by atoms with Crippen molar-refractivity contribution in [3.63, 3.8) is 0 Å². The van der Waals surface area contributed by atoms with E-state index in [-0.39, 0.29) is 12.4 Å². The molecule has 13 heavy (non-hydrogen) atoms. The van der Waals surface area contributed by atoms with Gasteiger partial charge in [-0.05, 0) is 24.5 Å². The van der Waals surface area contributed by atoms with E-state index in [9.17, 15) is 14.4 Å². The molecule has 0 aliphatic heterocycles. The molecule has 0 radical (unpaired) electrons. The number of rotatable bonds is 6. The molecule has 0 spiro atoms. The molecular weight excluding hydrogens is 172 g/mol. The van der Waals surface area contributed by atoms with Gasteiger partial charge in [0.05, 0.1) is 7.11 Å². The molecule has 0 aliphatic rings. The highest BCUT2D eigenvalue weighted by Crippen LogP contribution is 2.04. The molecule has 0 unspecified atom stereocenters. The first-order chi connectivity index (χ1) is 6.24. The van der Waals surface area contributed by atoms with Gasteiger partial charge in [0.2, 0.25) is 0 Å². The van der Waals surface area contributed by atoms with Crippen molar-refractivity contribution in [2.45, 2.75) is 19.3 Å². The number of aldehydes is 2. The Balaban J connectivity index is 3.73. The minimum Gasteiger partial charge on any atom is -0.469 e. The van der Waals surface area contributed by atoms with Gasteiger partial charge >= 0.3 is 5.97 Å². The van der Waals surface area contributed by atoms with Crippen LogP contribution in [0.5, 0.6) is 0 Å². The van der Waals surface area contributed by atoms with Crippen molar-refractivity contribution in [3.05, 3.63) is 11.6 Å². The molecule has 0 saturated carbocycles. The van der Waals surface area contributed by atoms with E-state index in [2.05, 4.69) is 4.74 Å². The van der Waals surface area contributed by atoms with Crippen molar-refractivity contribution in [1.82, 2.24) is 0 Å². The van der Waals surface area contributed by atoms with Gasteiger partial charge in [-0.3, -0.25) is 14.4 Å². The van der Waals surface area contributed by atoms with Gasteiger partial charge in [-0.25, -0.2) is 0 Å². The lowest BCUT2D eigenvalue weighted by atomic mass is 10.1. The van der Waals surface area contributed by atoms with Crippen LogP contribution in [0.1, 0.15) is 19.3 Å². The van der Waals surface area contributed by atoms with E-state index < -0.39 is 0 Å². The summed E-state index contributed by atoms with van der Waals surface area (Å²) in [6.45, 7) is 0. The number of methoxy groups -OCH3 is 1. The fourth-order valence-electron chi connectivity index (χ4n) is 0.808. The number of allylic oxidation sites excluding steroid dienone is 2. The second-order valence-electron chi connectivity index (χ2n) is 2.43. The summed E-state index contributed by atoms with van der Waals surface area (Å²) in [6, 6.07) is 0. The normalized spacial score (nSPS) is 10.7. The highest BCUT2D eigenvalue weighted by atomic mass is 16.5. The average molecular weight is 184 g/mol. The van der Waals surface area contributed by atoms with Gasteiger partial charge < -0.3 is 4.74 Å². The molecule has 0 fully saturated rings. The van der Waals surface area contributed by atoms with E-state index in [1.807, 2.05) is 0 Å². The monoisotopic (exact) mass is 184 g/mol. The van der Waals surface area contributed by atoms with Crippen LogP contribution in [-0.2, 0) is 19.1 Å². The third-order valence-electron chi connectivity index (χ3n) is 1.51. The average Bonchev–Trinajstić information content (AvgIpc) is 2.16. The van der Waals surface area contributed by atoms with Gasteiger partial charge in [-0.15, -0.1) is 0 Å². The Hall–Kier alpha value is -1.45. The predicted molar refractivity (Wildman–Crippen MR) is 46.1 cm³/mol. The Labute approximate surface area is 76.6 Å². The second kappa shape index (κ2) is 7.21. The van der Waals surface area contributed by atoms with Crippen LogP contribution in [0.15, 0.2) is 11.6 Å². The fraction of sp³-hybridized carbons (Fsp3) is 0.444. The second-order valence-corrected chi connectivity index (χ2v) is 2.43. The first kappa shape index (κ1) is 11.6. The summed E-state index contributed by atoms with van der Waals surface area (Å²) >= 11 is 0. The van der Waals surface area contributed by atoms with Gasteiger partial charge in [0.25, 0.3) is 0 Å². The van der Waals surface area contributed by atoms with Crippen LogP contribution < -0.4 is 0 Å². The summed E-state index contributed by atoms with van der Waals surface area (Å²) < 4.78 is 4.41. The lowest BCUT2D eigenvalue weighted by molar-refractivity contribution is -0.140. The van der Waals surface area contributed by atoms with E-state index in [4.69, 9.17) is 0 Å². The Bertz CT molecular complexity index is 218. The zero-order valence-electron chi connectivity index (χ0n) is 7.49. The number of esters is 1. The molecule has 0 aromatic heterocycles. The SMILES string of the molecule is COC(=O)CCCC(C=O)=CC=O. The molecule has 0 rings (SSSR count). The van der Waals surface area contributed by atoms with E-state index in [1.54, 1.807) is 0 Å². The molecule has 0 saturated heterocycles. The smallest absolute Gasteiger partial charge is 0.305 e. The number of hydrogen-bond donors (Lipinski definition) is 0. The lowest BCUT2D eigenvalue weighted by Crippen LogP contribution is -2.00. The van der Waals surface area contributed by atoms with Crippen molar-refractivity contribution in [3.8, 4) is 0 Å². The number of hydrogen-bond acceptors (Lipinski definition) is 4. The van der Waals surface area contributed by atoms with Crippen molar-refractivity contribution >= 4 is 18.5 Å². The van der Waals surface area contributed by atoms with E-state index in [1.165, 1.54) is 13.2 Å². The predicted octanol–water partition coefficient (Wildman–Crippen LogP) is 0.654. The molecule has 0 aromatic carbocycles. The van der Waals surface area contributed by atoms with Crippen LogP contribution in [0, 0.1) is 0 Å². The van der Waals surface area contributed by atoms with Crippen molar-refractivity contribution in [2.75, 3.05) is 7.11 Å². The minimum absolute atomic E-state index is 0.264. The molecule has 4 heteroatoms. The van der Waals surface area contributed by atoms with E-state index in [0.717, 1.165) is 0 Å². The van der Waals surface area contributed by atoms with Crippen LogP contribution in [0.25, 0.3) is 0 Å². The van der Waals surface area contributed by atoms with Crippen LogP contribution in [0.2, 0.25) is 0 Å². The molecule has 0 atom stereocenters. The topological polar surface area (TPSA) is 60.4 Å². The van der Waals surface area contributed by atoms with Crippen LogP contribution >= 0.6 is 0 Å². The molecule has 72 valence electrons. The van der Waals surface area contributed by atoms with Crippen LogP contribution in [0.4, 0.5) is 0 Å². The van der Waals surface area contributed by atoms with Crippen LogP contribution in [0.3, 0.4) is 0 Å². The lowest BCUT2D eigenvalue weighted by Gasteiger charge is -1.98. The molecule has 0 amide bonds. The van der Waals surface area contributed by atoms with Gasteiger partial charge in [0.1, 0.15) is 12.6 Å². The van der Waals surface area contributed by atoms with Crippen LogP contribution in [-0.4, -0.2) is 25.7 Å². The van der Waals surface area contributed by atoms with Crippen molar-refractivity contribution < 1.29 is 19.1 Å². The number of carbonyl (C=O) groups is 3. The molecule has 0 heterocycles. The van der Waals surface area contributed by atoms with Gasteiger partial charge in [0, 0.05) is 6.42 Å². The van der Waals surface area contributed by atoms with E-state index in [0.29, 0.717) is 31.0 Å². The number of ether oxygens (including phenoxy) is 1. The van der Waals surface area contributed by atoms with Gasteiger partial charge in [-0.1, -0.05) is 0 Å². The zero-order valence-corrected chi connectivity index (χ0v) is 7.49. The zero-order chi connectivity index (χ0) is 10.1. The third-order valence-corrected chi connectivity index (χ3v) is 1.51. The molecule has 0 aromatic rings. The Morgan fingerprint density at radius 1 is 1.31 bits per heavy atom. The summed E-state index contributed by atoms with van der Waals surface area (Å²) in [7, 11) is 1.31. The third kappa shape index (κ3) is 5.78. The van der Waals surface area contributed by atoms with Gasteiger partial charge in [0.15, 0.2) is 0 Å². The summed E-state index contributed by atoms with van der Waals surface area (Å²) in [5.74, 6) is -0.309. The number of carbonyl (C=O) groups excluding carboxylic acids is 3. The Morgan fingerprint density at radius 3 is 2.46 bits per heavy atom. The maximum atomic E-state index is 10.6. The molecule has 0 bridgehead atoms. The molecule has 0 N–H and O–H groups in total. The highest BCUT2D eigenvalue weighted by molar-refractivity contribution is 5.81. The Kier molecular flexibility index (Phi) is 6.41. The fourth-order valence-corrected chi connectivity index (χ4v) is 0.808. The summed E-state index contributed by atoms with van der Waals surface area (Å²) in [4.78, 5) is 30.9. The molecule has 4 nitrogen and oxygen atoms in total. The standard InChI is InChI=1S/C9H12O4/c1-13-9(12)4-2-3-8(7-11)5-6-10/h5-7H,2-4H2,1H3. The first-order valence-electron chi connectivity index (χ1n) is 3.91. The summed E-state index contributed by atoms with van der Waals surface area (Å²) in [5, 5.41) is 0. The summed E-state index contributed by atoms with van der Waals surface area (Å²) in [5.41, 5.74) is 0.402. The first-order valence-corrected chi connectivity index (χ1v) is 3.91. The largest absolute Gasteiger partial charge is 0.469 e. The van der Waals surface area contributed by atoms with Crippen molar-refractivity contribution in [2.24, 2.45) is 0 Å². The van der Waals surface area contributed by atoms with Gasteiger partial charge in [-0.2, -0.15) is 0 Å². The van der Waals surface area contributed by atoms with Crippen molar-refractivity contribution in [1.29, 1.82) is 0 Å². The molecular formula is C9H12O4. The Morgan fingerprint density at radius 2 is 2.00 bits per heavy atom. The summed E-state index contributed by atoms with van der Waals surface area (Å²) in [6.07, 6.45) is 3.58. The quantitative estimate of drug-likeness (QED) is 0.345. The highest BCUT2D eigenvalue weighted by Gasteiger charge is 2.01. The maximum Gasteiger partial charge on any atom is 0.305 e. The minimum atomic E-state index is -0.309.